The highest BCUT2D eigenvalue weighted by Gasteiger charge is 1.95. The van der Waals surface area contributed by atoms with E-state index in [1.165, 1.54) is 6.42 Å². The molecule has 0 fully saturated rings. The Hall–Kier alpha value is -0.520. The number of allylic oxidation sites excluding steroid dienone is 2. The van der Waals surface area contributed by atoms with E-state index in [-0.39, 0.29) is 0 Å². The molecule has 0 saturated carbocycles. The second-order valence-electron chi connectivity index (χ2n) is 2.50. The number of hydrogen-bond acceptors (Lipinski definition) is 0. The SMILES string of the molecule is C=CCCC(C)CC=C. The Labute approximate surface area is 58.3 Å². The second-order valence-corrected chi connectivity index (χ2v) is 2.50. The van der Waals surface area contributed by atoms with Gasteiger partial charge in [-0.3, -0.25) is 0 Å². The smallest absolute Gasteiger partial charge is 0.0327 e. The summed E-state index contributed by atoms with van der Waals surface area (Å²) in [5, 5.41) is 0. The summed E-state index contributed by atoms with van der Waals surface area (Å²) in [5.74, 6) is 0.778. The van der Waals surface area contributed by atoms with Gasteiger partial charge >= 0.3 is 0 Å². The quantitative estimate of drug-likeness (QED) is 0.494. The largest absolute Gasteiger partial charge is 0.103 e. The van der Waals surface area contributed by atoms with Crippen LogP contribution < -0.4 is 0 Å². The summed E-state index contributed by atoms with van der Waals surface area (Å²) in [6.07, 6.45) is 7.46. The first-order valence-electron chi connectivity index (χ1n) is 3.53. The topological polar surface area (TPSA) is 0 Å². The molecule has 1 atom stereocenters. The minimum atomic E-state index is 0.778. The standard InChI is InChI=1S/C9H16/c1-4-6-8-9(3)7-5-2/h4-5,9H,1-2,6-8H2,3H3. The molecule has 0 aliphatic carbocycles. The molecule has 0 amide bonds. The first-order chi connectivity index (χ1) is 4.31. The molecule has 0 saturated heterocycles. The number of rotatable bonds is 5. The fraction of sp³-hybridized carbons (Fsp3) is 0.556. The molecular formula is C9H16. The molecule has 0 spiro atoms. The third-order valence-electron chi connectivity index (χ3n) is 1.43. The van der Waals surface area contributed by atoms with E-state index < -0.39 is 0 Å². The molecule has 0 aliphatic rings. The Morgan fingerprint density at radius 2 is 2.00 bits per heavy atom. The lowest BCUT2D eigenvalue weighted by atomic mass is 10.0. The van der Waals surface area contributed by atoms with E-state index in [4.69, 9.17) is 0 Å². The maximum atomic E-state index is 3.68. The molecule has 9 heavy (non-hydrogen) atoms. The Morgan fingerprint density at radius 1 is 1.33 bits per heavy atom. The van der Waals surface area contributed by atoms with Gasteiger partial charge in [0.1, 0.15) is 0 Å². The van der Waals surface area contributed by atoms with E-state index in [0.717, 1.165) is 18.8 Å². The third-order valence-corrected chi connectivity index (χ3v) is 1.43. The summed E-state index contributed by atoms with van der Waals surface area (Å²) in [4.78, 5) is 0. The fourth-order valence-corrected chi connectivity index (χ4v) is 0.805. The van der Waals surface area contributed by atoms with Gasteiger partial charge in [-0.2, -0.15) is 0 Å². The van der Waals surface area contributed by atoms with Crippen LogP contribution in [0.4, 0.5) is 0 Å². The normalized spacial score (nSPS) is 12.6. The second kappa shape index (κ2) is 5.61. The highest BCUT2D eigenvalue weighted by atomic mass is 14.0. The van der Waals surface area contributed by atoms with Crippen molar-refractivity contribution in [3.8, 4) is 0 Å². The maximum absolute atomic E-state index is 3.68. The van der Waals surface area contributed by atoms with Crippen LogP contribution in [0, 0.1) is 5.92 Å². The van der Waals surface area contributed by atoms with E-state index in [1.807, 2.05) is 12.2 Å². The monoisotopic (exact) mass is 124 g/mol. The maximum Gasteiger partial charge on any atom is -0.0327 e. The lowest BCUT2D eigenvalue weighted by Gasteiger charge is -2.04. The molecule has 0 heterocycles. The molecule has 0 N–H and O–H groups in total. The summed E-state index contributed by atoms with van der Waals surface area (Å²) < 4.78 is 0. The van der Waals surface area contributed by atoms with Crippen molar-refractivity contribution in [2.45, 2.75) is 26.2 Å². The van der Waals surface area contributed by atoms with Crippen molar-refractivity contribution in [3.05, 3.63) is 25.3 Å². The highest BCUT2D eigenvalue weighted by molar-refractivity contribution is 4.73. The predicted molar refractivity (Wildman–Crippen MR) is 43.4 cm³/mol. The fourth-order valence-electron chi connectivity index (χ4n) is 0.805. The first kappa shape index (κ1) is 8.48. The van der Waals surface area contributed by atoms with Crippen LogP contribution in [0.1, 0.15) is 26.2 Å². The van der Waals surface area contributed by atoms with Gasteiger partial charge in [-0.1, -0.05) is 19.1 Å². The summed E-state index contributed by atoms with van der Waals surface area (Å²) >= 11 is 0. The Kier molecular flexibility index (Phi) is 5.29. The highest BCUT2D eigenvalue weighted by Crippen LogP contribution is 2.09. The Balaban J connectivity index is 3.14. The zero-order valence-electron chi connectivity index (χ0n) is 6.27. The predicted octanol–water partition coefficient (Wildman–Crippen LogP) is 3.16. The summed E-state index contributed by atoms with van der Waals surface area (Å²) in [6.45, 7) is 9.59. The average Bonchev–Trinajstić information content (AvgIpc) is 1.85. The molecule has 0 nitrogen and oxygen atoms in total. The molecule has 1 unspecified atom stereocenters. The minimum Gasteiger partial charge on any atom is -0.103 e. The molecule has 52 valence electrons. The first-order valence-corrected chi connectivity index (χ1v) is 3.53. The van der Waals surface area contributed by atoms with Gasteiger partial charge in [-0.15, -0.1) is 13.2 Å². The lowest BCUT2D eigenvalue weighted by molar-refractivity contribution is 0.547. The van der Waals surface area contributed by atoms with Gasteiger partial charge in [0.05, 0.1) is 0 Å². The van der Waals surface area contributed by atoms with Gasteiger partial charge in [0, 0.05) is 0 Å². The van der Waals surface area contributed by atoms with Crippen LogP contribution in [0.3, 0.4) is 0 Å². The minimum absolute atomic E-state index is 0.778. The molecule has 0 heteroatoms. The van der Waals surface area contributed by atoms with Crippen molar-refractivity contribution in [2.24, 2.45) is 5.92 Å². The zero-order valence-corrected chi connectivity index (χ0v) is 6.27. The van der Waals surface area contributed by atoms with E-state index in [0.29, 0.717) is 0 Å². The van der Waals surface area contributed by atoms with Crippen LogP contribution >= 0.6 is 0 Å². The van der Waals surface area contributed by atoms with Gasteiger partial charge in [0.15, 0.2) is 0 Å². The summed E-state index contributed by atoms with van der Waals surface area (Å²) in [6, 6.07) is 0. The molecule has 0 aliphatic heterocycles. The summed E-state index contributed by atoms with van der Waals surface area (Å²) in [5.41, 5.74) is 0. The third kappa shape index (κ3) is 5.35. The average molecular weight is 124 g/mol. The lowest BCUT2D eigenvalue weighted by Crippen LogP contribution is -1.89. The van der Waals surface area contributed by atoms with Crippen molar-refractivity contribution in [1.29, 1.82) is 0 Å². The molecule has 0 rings (SSSR count). The van der Waals surface area contributed by atoms with Gasteiger partial charge in [-0.25, -0.2) is 0 Å². The van der Waals surface area contributed by atoms with Crippen molar-refractivity contribution in [1.82, 2.24) is 0 Å². The van der Waals surface area contributed by atoms with Crippen LogP contribution in [0.5, 0.6) is 0 Å². The zero-order chi connectivity index (χ0) is 7.11. The van der Waals surface area contributed by atoms with Crippen LogP contribution in [-0.2, 0) is 0 Å². The van der Waals surface area contributed by atoms with Crippen molar-refractivity contribution < 1.29 is 0 Å². The van der Waals surface area contributed by atoms with Gasteiger partial charge in [-0.05, 0) is 25.2 Å². The van der Waals surface area contributed by atoms with Crippen molar-refractivity contribution in [3.63, 3.8) is 0 Å². The van der Waals surface area contributed by atoms with E-state index in [2.05, 4.69) is 20.1 Å². The van der Waals surface area contributed by atoms with Crippen molar-refractivity contribution >= 4 is 0 Å². The Bertz CT molecular complexity index is 82.0. The van der Waals surface area contributed by atoms with E-state index in [9.17, 15) is 0 Å². The van der Waals surface area contributed by atoms with E-state index in [1.54, 1.807) is 0 Å². The van der Waals surface area contributed by atoms with Crippen LogP contribution in [0.2, 0.25) is 0 Å². The molecule has 0 radical (unpaired) electrons. The van der Waals surface area contributed by atoms with Crippen molar-refractivity contribution in [2.75, 3.05) is 0 Å². The molecule has 0 aromatic heterocycles. The van der Waals surface area contributed by atoms with Crippen LogP contribution in [0.25, 0.3) is 0 Å². The molecule has 0 aromatic rings. The molecule has 0 aromatic carbocycles. The van der Waals surface area contributed by atoms with Gasteiger partial charge in [0.2, 0.25) is 0 Å². The van der Waals surface area contributed by atoms with Crippen LogP contribution in [-0.4, -0.2) is 0 Å². The van der Waals surface area contributed by atoms with Gasteiger partial charge < -0.3 is 0 Å². The van der Waals surface area contributed by atoms with E-state index >= 15 is 0 Å². The molecular weight excluding hydrogens is 108 g/mol. The van der Waals surface area contributed by atoms with Crippen LogP contribution in [0.15, 0.2) is 25.3 Å². The van der Waals surface area contributed by atoms with Gasteiger partial charge in [0.25, 0.3) is 0 Å². The Morgan fingerprint density at radius 3 is 2.44 bits per heavy atom. The molecule has 0 bridgehead atoms. The number of hydrogen-bond donors (Lipinski definition) is 0. The summed E-state index contributed by atoms with van der Waals surface area (Å²) in [7, 11) is 0.